The molecule has 1 aromatic rings. The molecule has 0 atom stereocenters. The molecule has 0 unspecified atom stereocenters. The number of thioether (sulfide) groups is 1. The highest BCUT2D eigenvalue weighted by molar-refractivity contribution is 7.98. The van der Waals surface area contributed by atoms with Gasteiger partial charge in [0.05, 0.1) is 0 Å². The van der Waals surface area contributed by atoms with Crippen LogP contribution in [-0.2, 0) is 10.8 Å². The Kier molecular flexibility index (Phi) is 5.45. The number of nitrogens with zero attached hydrogens (tertiary/aromatic N) is 3. The molecule has 1 N–H and O–H groups in total. The van der Waals surface area contributed by atoms with Crippen LogP contribution in [0.4, 0.5) is 11.6 Å². The van der Waals surface area contributed by atoms with E-state index in [4.69, 9.17) is 0 Å². The van der Waals surface area contributed by atoms with Crippen molar-refractivity contribution in [1.29, 1.82) is 0 Å². The molecule has 2 rings (SSSR count). The Morgan fingerprint density at radius 3 is 2.79 bits per heavy atom. The van der Waals surface area contributed by atoms with Gasteiger partial charge in [0, 0.05) is 48.0 Å². The fraction of sp³-hybridized carbons (Fsp3) is 0.667. The van der Waals surface area contributed by atoms with Crippen LogP contribution >= 0.6 is 11.8 Å². The quantitative estimate of drug-likeness (QED) is 0.658. The Labute approximate surface area is 121 Å². The molecular weight excluding hydrogens is 280 g/mol. The highest BCUT2D eigenvalue weighted by Gasteiger charge is 2.17. The Balaban J connectivity index is 2.16. The van der Waals surface area contributed by atoms with Gasteiger partial charge in [-0.15, -0.1) is 0 Å². The molecule has 1 fully saturated rings. The van der Waals surface area contributed by atoms with E-state index in [9.17, 15) is 4.21 Å². The lowest BCUT2D eigenvalue weighted by molar-refractivity contribution is 0.672. The summed E-state index contributed by atoms with van der Waals surface area (Å²) in [6.45, 7) is 4.66. The molecule has 0 saturated carbocycles. The van der Waals surface area contributed by atoms with Crippen molar-refractivity contribution in [2.75, 3.05) is 47.6 Å². The van der Waals surface area contributed by atoms with Crippen LogP contribution in [0.3, 0.4) is 0 Å². The van der Waals surface area contributed by atoms with Gasteiger partial charge >= 0.3 is 0 Å². The minimum atomic E-state index is -0.658. The summed E-state index contributed by atoms with van der Waals surface area (Å²) in [6, 6.07) is 1.99. The van der Waals surface area contributed by atoms with Crippen molar-refractivity contribution in [1.82, 2.24) is 9.97 Å². The number of aromatic nitrogens is 2. The van der Waals surface area contributed by atoms with Gasteiger partial charge in [-0.25, -0.2) is 9.97 Å². The Morgan fingerprint density at radius 2 is 2.16 bits per heavy atom. The molecule has 0 spiro atoms. The van der Waals surface area contributed by atoms with Gasteiger partial charge in [-0.2, -0.15) is 0 Å². The first kappa shape index (κ1) is 14.6. The normalized spacial score (nSPS) is 16.6. The second-order valence-electron chi connectivity index (χ2n) is 4.36. The van der Waals surface area contributed by atoms with Crippen molar-refractivity contribution in [3.63, 3.8) is 0 Å². The molecular formula is C12H20N4OS2. The monoisotopic (exact) mass is 300 g/mol. The fourth-order valence-corrected chi connectivity index (χ4v) is 3.30. The van der Waals surface area contributed by atoms with E-state index >= 15 is 0 Å². The third-order valence-electron chi connectivity index (χ3n) is 2.93. The van der Waals surface area contributed by atoms with Crippen LogP contribution in [0.25, 0.3) is 0 Å². The van der Waals surface area contributed by atoms with E-state index in [0.717, 1.165) is 54.4 Å². The molecule has 1 saturated heterocycles. The van der Waals surface area contributed by atoms with Gasteiger partial charge in [0.15, 0.2) is 5.16 Å². The maximum Gasteiger partial charge on any atom is 0.191 e. The van der Waals surface area contributed by atoms with Crippen molar-refractivity contribution < 1.29 is 4.21 Å². The molecule has 19 heavy (non-hydrogen) atoms. The van der Waals surface area contributed by atoms with Gasteiger partial charge in [0.2, 0.25) is 0 Å². The topological polar surface area (TPSA) is 58.1 Å². The Hall–Kier alpha value is -0.820. The Bertz CT molecular complexity index is 445. The second-order valence-corrected chi connectivity index (χ2v) is 6.83. The van der Waals surface area contributed by atoms with Crippen molar-refractivity contribution in [2.45, 2.75) is 18.5 Å². The van der Waals surface area contributed by atoms with E-state index in [1.54, 1.807) is 11.8 Å². The van der Waals surface area contributed by atoms with Crippen LogP contribution in [0, 0.1) is 0 Å². The standard InChI is InChI=1S/C12H20N4OS2/c1-3-4-13-10-9-11(15-12(14-10)18-2)16-5-7-19(17)8-6-16/h9H,3-8H2,1-2H3,(H,13,14,15). The van der Waals surface area contributed by atoms with Gasteiger partial charge < -0.3 is 10.2 Å². The summed E-state index contributed by atoms with van der Waals surface area (Å²) in [5.74, 6) is 3.28. The van der Waals surface area contributed by atoms with E-state index in [1.807, 2.05) is 12.3 Å². The van der Waals surface area contributed by atoms with E-state index in [0.29, 0.717) is 0 Å². The molecule has 0 radical (unpaired) electrons. The zero-order chi connectivity index (χ0) is 13.7. The average Bonchev–Trinajstić information content (AvgIpc) is 2.45. The minimum absolute atomic E-state index is 0.658. The van der Waals surface area contributed by atoms with Crippen molar-refractivity contribution in [3.05, 3.63) is 6.07 Å². The summed E-state index contributed by atoms with van der Waals surface area (Å²) in [5, 5.41) is 4.09. The van der Waals surface area contributed by atoms with Crippen molar-refractivity contribution in [3.8, 4) is 0 Å². The van der Waals surface area contributed by atoms with Crippen LogP contribution in [0.5, 0.6) is 0 Å². The molecule has 7 heteroatoms. The molecule has 106 valence electrons. The lowest BCUT2D eigenvalue weighted by Crippen LogP contribution is -2.38. The highest BCUT2D eigenvalue weighted by Crippen LogP contribution is 2.21. The first-order valence-electron chi connectivity index (χ1n) is 6.49. The maximum absolute atomic E-state index is 11.4. The van der Waals surface area contributed by atoms with Crippen molar-refractivity contribution >= 4 is 34.2 Å². The van der Waals surface area contributed by atoms with E-state index in [1.165, 1.54) is 0 Å². The number of anilines is 2. The highest BCUT2D eigenvalue weighted by atomic mass is 32.2. The number of hydrogen-bond acceptors (Lipinski definition) is 6. The van der Waals surface area contributed by atoms with Crippen LogP contribution in [-0.4, -0.2) is 51.6 Å². The van der Waals surface area contributed by atoms with Crippen LogP contribution in [0.2, 0.25) is 0 Å². The van der Waals surface area contributed by atoms with Gasteiger partial charge in [-0.05, 0) is 12.7 Å². The zero-order valence-corrected chi connectivity index (χ0v) is 13.0. The zero-order valence-electron chi connectivity index (χ0n) is 11.4. The Morgan fingerprint density at radius 1 is 1.42 bits per heavy atom. The first-order chi connectivity index (χ1) is 9.22. The lowest BCUT2D eigenvalue weighted by atomic mass is 10.4. The van der Waals surface area contributed by atoms with Gasteiger partial charge in [-0.3, -0.25) is 4.21 Å². The number of nitrogens with one attached hydrogen (secondary N) is 1. The third kappa shape index (κ3) is 4.07. The first-order valence-corrected chi connectivity index (χ1v) is 9.21. The number of rotatable bonds is 5. The predicted molar refractivity (Wildman–Crippen MR) is 82.7 cm³/mol. The van der Waals surface area contributed by atoms with Crippen molar-refractivity contribution in [2.24, 2.45) is 0 Å². The summed E-state index contributed by atoms with van der Waals surface area (Å²) >= 11 is 1.55. The summed E-state index contributed by atoms with van der Waals surface area (Å²) in [7, 11) is -0.658. The third-order valence-corrected chi connectivity index (χ3v) is 4.76. The summed E-state index contributed by atoms with van der Waals surface area (Å²) < 4.78 is 11.4. The largest absolute Gasteiger partial charge is 0.370 e. The molecule has 0 amide bonds. The van der Waals surface area contributed by atoms with Gasteiger partial charge in [0.1, 0.15) is 11.6 Å². The van der Waals surface area contributed by atoms with E-state index in [2.05, 4.69) is 27.1 Å². The van der Waals surface area contributed by atoms with Crippen LogP contribution < -0.4 is 10.2 Å². The van der Waals surface area contributed by atoms with Crippen LogP contribution in [0.15, 0.2) is 11.2 Å². The SMILES string of the molecule is CCCNc1cc(N2CCS(=O)CC2)nc(SC)n1. The molecule has 0 aromatic carbocycles. The average molecular weight is 300 g/mol. The molecule has 0 aliphatic carbocycles. The number of hydrogen-bond donors (Lipinski definition) is 1. The molecule has 0 bridgehead atoms. The lowest BCUT2D eigenvalue weighted by Gasteiger charge is -2.27. The minimum Gasteiger partial charge on any atom is -0.370 e. The van der Waals surface area contributed by atoms with Gasteiger partial charge in [-0.1, -0.05) is 18.7 Å². The smallest absolute Gasteiger partial charge is 0.191 e. The van der Waals surface area contributed by atoms with E-state index in [-0.39, 0.29) is 0 Å². The van der Waals surface area contributed by atoms with E-state index < -0.39 is 10.8 Å². The second kappa shape index (κ2) is 7.09. The molecule has 5 nitrogen and oxygen atoms in total. The molecule has 1 aromatic heterocycles. The molecule has 1 aliphatic rings. The van der Waals surface area contributed by atoms with Crippen LogP contribution in [0.1, 0.15) is 13.3 Å². The predicted octanol–water partition coefficient (Wildman–Crippen LogP) is 1.59. The molecule has 2 heterocycles. The molecule has 1 aliphatic heterocycles. The summed E-state index contributed by atoms with van der Waals surface area (Å²) in [4.78, 5) is 11.2. The summed E-state index contributed by atoms with van der Waals surface area (Å²) in [6.07, 6.45) is 3.05. The fourth-order valence-electron chi connectivity index (χ4n) is 1.88. The summed E-state index contributed by atoms with van der Waals surface area (Å²) in [5.41, 5.74) is 0. The van der Waals surface area contributed by atoms with Gasteiger partial charge in [0.25, 0.3) is 0 Å². The maximum atomic E-state index is 11.4.